The van der Waals surface area contributed by atoms with Crippen molar-refractivity contribution in [3.8, 4) is 0 Å². The van der Waals surface area contributed by atoms with Crippen LogP contribution >= 0.6 is 0 Å². The molecule has 3 nitrogen and oxygen atoms in total. The number of benzene rings is 1. The van der Waals surface area contributed by atoms with Crippen LogP contribution in [0.25, 0.3) is 0 Å². The van der Waals surface area contributed by atoms with E-state index in [0.717, 1.165) is 18.5 Å². The first-order valence-electron chi connectivity index (χ1n) is 7.82. The smallest absolute Gasteiger partial charge is 0.242 e. The van der Waals surface area contributed by atoms with Crippen LogP contribution in [0, 0.1) is 0 Å². The van der Waals surface area contributed by atoms with Crippen molar-refractivity contribution in [2.45, 2.75) is 65.0 Å². The summed E-state index contributed by atoms with van der Waals surface area (Å²) < 4.78 is 0. The van der Waals surface area contributed by atoms with E-state index in [1.807, 2.05) is 6.92 Å². The van der Waals surface area contributed by atoms with Gasteiger partial charge in [0.2, 0.25) is 5.91 Å². The third kappa shape index (κ3) is 3.53. The summed E-state index contributed by atoms with van der Waals surface area (Å²) in [5, 5.41) is 6.40. The molecule has 0 radical (unpaired) electrons. The lowest BCUT2D eigenvalue weighted by Gasteiger charge is -2.20. The minimum atomic E-state index is -0.199. The van der Waals surface area contributed by atoms with Crippen LogP contribution in [0.3, 0.4) is 0 Å². The highest BCUT2D eigenvalue weighted by atomic mass is 16.2. The van der Waals surface area contributed by atoms with Crippen LogP contribution < -0.4 is 10.6 Å². The molecule has 3 heteroatoms. The van der Waals surface area contributed by atoms with Gasteiger partial charge >= 0.3 is 0 Å². The van der Waals surface area contributed by atoms with Gasteiger partial charge in [0.15, 0.2) is 0 Å². The van der Waals surface area contributed by atoms with Crippen molar-refractivity contribution in [3.63, 3.8) is 0 Å². The van der Waals surface area contributed by atoms with Crippen molar-refractivity contribution in [1.82, 2.24) is 5.32 Å². The average Bonchev–Trinajstić information content (AvgIpc) is 2.91. The van der Waals surface area contributed by atoms with Crippen LogP contribution in [0.1, 0.15) is 51.2 Å². The van der Waals surface area contributed by atoms with Crippen molar-refractivity contribution in [3.05, 3.63) is 29.3 Å². The molecule has 0 spiro atoms. The van der Waals surface area contributed by atoms with E-state index in [-0.39, 0.29) is 18.0 Å². The first-order valence-corrected chi connectivity index (χ1v) is 7.82. The Balaban J connectivity index is 1.93. The topological polar surface area (TPSA) is 41.1 Å². The molecule has 0 aliphatic heterocycles. The van der Waals surface area contributed by atoms with Gasteiger partial charge in [0.1, 0.15) is 6.04 Å². The Kier molecular flexibility index (Phi) is 5.05. The Hall–Kier alpha value is -1.51. The summed E-state index contributed by atoms with van der Waals surface area (Å²) in [6, 6.07) is 6.56. The fourth-order valence-corrected chi connectivity index (χ4v) is 2.80. The zero-order chi connectivity index (χ0) is 14.5. The molecule has 0 heterocycles. The zero-order valence-electron chi connectivity index (χ0n) is 12.8. The van der Waals surface area contributed by atoms with Gasteiger partial charge in [-0.3, -0.25) is 4.79 Å². The molecule has 1 aromatic rings. The zero-order valence-corrected chi connectivity index (χ0v) is 12.8. The maximum atomic E-state index is 12.1. The van der Waals surface area contributed by atoms with Gasteiger partial charge < -0.3 is 10.6 Å². The lowest BCUT2D eigenvalue weighted by Crippen LogP contribution is -2.42. The second-order valence-corrected chi connectivity index (χ2v) is 5.73. The summed E-state index contributed by atoms with van der Waals surface area (Å²) in [4.78, 5) is 12.1. The van der Waals surface area contributed by atoms with E-state index < -0.39 is 0 Å². The van der Waals surface area contributed by atoms with Gasteiger partial charge in [-0.25, -0.2) is 0 Å². The van der Waals surface area contributed by atoms with Gasteiger partial charge in [-0.05, 0) is 62.3 Å². The summed E-state index contributed by atoms with van der Waals surface area (Å²) >= 11 is 0. The number of carbonyl (C=O) groups is 1. The molecule has 0 fully saturated rings. The van der Waals surface area contributed by atoms with E-state index >= 15 is 0 Å². The first-order chi connectivity index (χ1) is 9.63. The molecule has 0 saturated carbocycles. The number of carbonyl (C=O) groups excluding carboxylic acids is 1. The van der Waals surface area contributed by atoms with Crippen LogP contribution in [0.15, 0.2) is 18.2 Å². The van der Waals surface area contributed by atoms with Crippen molar-refractivity contribution < 1.29 is 4.79 Å². The minimum absolute atomic E-state index is 0.0826. The Morgan fingerprint density at radius 2 is 1.90 bits per heavy atom. The number of anilines is 1. The highest BCUT2D eigenvalue weighted by Crippen LogP contribution is 2.25. The molecule has 1 aromatic carbocycles. The molecular formula is C17H26N2O. The van der Waals surface area contributed by atoms with E-state index in [4.69, 9.17) is 0 Å². The second kappa shape index (κ2) is 6.78. The molecule has 20 heavy (non-hydrogen) atoms. The van der Waals surface area contributed by atoms with Gasteiger partial charge in [0.05, 0.1) is 0 Å². The fraction of sp³-hybridized carbons (Fsp3) is 0.588. The van der Waals surface area contributed by atoms with Crippen molar-refractivity contribution in [2.24, 2.45) is 0 Å². The lowest BCUT2D eigenvalue weighted by molar-refractivity contribution is -0.122. The van der Waals surface area contributed by atoms with Crippen molar-refractivity contribution in [2.75, 3.05) is 5.32 Å². The fourth-order valence-electron chi connectivity index (χ4n) is 2.80. The number of fused-ring (bicyclic) bond motifs is 1. The summed E-state index contributed by atoms with van der Waals surface area (Å²) in [6.07, 6.45) is 5.57. The minimum Gasteiger partial charge on any atom is -0.374 e. The quantitative estimate of drug-likeness (QED) is 0.836. The Bertz CT molecular complexity index is 466. The molecular weight excluding hydrogens is 248 g/mol. The molecule has 0 bridgehead atoms. The van der Waals surface area contributed by atoms with Crippen LogP contribution in [-0.4, -0.2) is 18.0 Å². The maximum absolute atomic E-state index is 12.1. The van der Waals surface area contributed by atoms with E-state index in [0.29, 0.717) is 0 Å². The highest BCUT2D eigenvalue weighted by molar-refractivity contribution is 5.84. The molecule has 2 N–H and O–H groups in total. The summed E-state index contributed by atoms with van der Waals surface area (Å²) in [7, 11) is 0. The average molecular weight is 274 g/mol. The number of nitrogens with one attached hydrogen (secondary N) is 2. The molecule has 1 atom stereocenters. The summed E-state index contributed by atoms with van der Waals surface area (Å²) in [5.41, 5.74) is 3.95. The van der Waals surface area contributed by atoms with E-state index in [9.17, 15) is 4.79 Å². The van der Waals surface area contributed by atoms with Gasteiger partial charge in [-0.15, -0.1) is 0 Å². The van der Waals surface area contributed by atoms with E-state index in [2.05, 4.69) is 42.7 Å². The van der Waals surface area contributed by atoms with E-state index in [1.54, 1.807) is 0 Å². The number of hydrogen-bond donors (Lipinski definition) is 2. The first kappa shape index (κ1) is 14.9. The predicted octanol–water partition coefficient (Wildman–Crippen LogP) is 3.28. The molecule has 2 rings (SSSR count). The van der Waals surface area contributed by atoms with Crippen LogP contribution in [0.4, 0.5) is 5.69 Å². The molecule has 1 aliphatic carbocycles. The predicted molar refractivity (Wildman–Crippen MR) is 84.1 cm³/mol. The number of hydrogen-bond acceptors (Lipinski definition) is 2. The lowest BCUT2D eigenvalue weighted by atomic mass is 10.1. The van der Waals surface area contributed by atoms with Crippen molar-refractivity contribution in [1.29, 1.82) is 0 Å². The molecule has 0 aromatic heterocycles. The Labute approximate surface area is 122 Å². The Morgan fingerprint density at radius 1 is 1.20 bits per heavy atom. The van der Waals surface area contributed by atoms with Gasteiger partial charge in [-0.2, -0.15) is 0 Å². The van der Waals surface area contributed by atoms with Crippen LogP contribution in [0.2, 0.25) is 0 Å². The van der Waals surface area contributed by atoms with Crippen LogP contribution in [-0.2, 0) is 17.6 Å². The largest absolute Gasteiger partial charge is 0.374 e. The van der Waals surface area contributed by atoms with Gasteiger partial charge in [0.25, 0.3) is 0 Å². The van der Waals surface area contributed by atoms with E-state index in [1.165, 1.54) is 30.4 Å². The van der Waals surface area contributed by atoms with Gasteiger partial charge in [-0.1, -0.05) is 19.9 Å². The third-order valence-corrected chi connectivity index (χ3v) is 4.21. The standard InChI is InChI=1S/C17H26N2O/c1-4-15(5-2)19-17(20)12(3)18-16-10-9-13-7-6-8-14(13)11-16/h9-12,15,18H,4-8H2,1-3H3,(H,19,20). The number of amides is 1. The normalized spacial score (nSPS) is 15.0. The summed E-state index contributed by atoms with van der Waals surface area (Å²) in [5.74, 6) is 0.0826. The molecule has 110 valence electrons. The SMILES string of the molecule is CCC(CC)NC(=O)C(C)Nc1ccc2c(c1)CCC2. The third-order valence-electron chi connectivity index (χ3n) is 4.21. The Morgan fingerprint density at radius 3 is 2.60 bits per heavy atom. The molecule has 1 aliphatic rings. The monoisotopic (exact) mass is 274 g/mol. The molecule has 0 saturated heterocycles. The molecule has 1 unspecified atom stereocenters. The molecule has 1 amide bonds. The summed E-state index contributed by atoms with van der Waals surface area (Å²) in [6.45, 7) is 6.13. The second-order valence-electron chi connectivity index (χ2n) is 5.73. The number of rotatable bonds is 6. The van der Waals surface area contributed by atoms with Crippen LogP contribution in [0.5, 0.6) is 0 Å². The number of aryl methyl sites for hydroxylation is 2. The van der Waals surface area contributed by atoms with Crippen molar-refractivity contribution >= 4 is 11.6 Å². The maximum Gasteiger partial charge on any atom is 0.242 e. The highest BCUT2D eigenvalue weighted by Gasteiger charge is 2.17. The van der Waals surface area contributed by atoms with Gasteiger partial charge in [0, 0.05) is 11.7 Å².